The van der Waals surface area contributed by atoms with Crippen LogP contribution in [0.4, 0.5) is 0 Å². The van der Waals surface area contributed by atoms with Gasteiger partial charge in [-0.15, -0.1) is 13.2 Å². The number of unbranched alkanes of at least 4 members (excludes halogenated alkanes) is 1. The van der Waals surface area contributed by atoms with Gasteiger partial charge in [-0.3, -0.25) is 0 Å². The third-order valence-electron chi connectivity index (χ3n) is 2.02. The van der Waals surface area contributed by atoms with Gasteiger partial charge in [-0.2, -0.15) is 0 Å². The fourth-order valence-corrected chi connectivity index (χ4v) is 1.31. The lowest BCUT2D eigenvalue weighted by molar-refractivity contribution is -0.0332. The van der Waals surface area contributed by atoms with Crippen molar-refractivity contribution < 1.29 is 5.11 Å². The van der Waals surface area contributed by atoms with Gasteiger partial charge in [0.2, 0.25) is 0 Å². The standard InChI is InChI=1S/C11H19O/c1-4-7-10-11(12,8-5-2)9-6-3/h5-6H,2-4,7-10H2,1H3. The fraction of sp³-hybridized carbons (Fsp3) is 0.636. The van der Waals surface area contributed by atoms with Crippen molar-refractivity contribution in [2.45, 2.75) is 44.6 Å². The van der Waals surface area contributed by atoms with Crippen molar-refractivity contribution in [3.63, 3.8) is 0 Å². The van der Waals surface area contributed by atoms with Crippen LogP contribution in [-0.4, -0.2) is 5.60 Å². The third kappa shape index (κ3) is 4.35. The average Bonchev–Trinajstić information content (AvgIpc) is 2.02. The van der Waals surface area contributed by atoms with Crippen LogP contribution in [0.25, 0.3) is 0 Å². The second-order valence-corrected chi connectivity index (χ2v) is 3.27. The van der Waals surface area contributed by atoms with E-state index in [1.807, 2.05) is 0 Å². The van der Waals surface area contributed by atoms with Crippen molar-refractivity contribution in [2.24, 2.45) is 0 Å². The van der Waals surface area contributed by atoms with Gasteiger partial charge in [-0.25, -0.2) is 5.11 Å². The van der Waals surface area contributed by atoms with E-state index < -0.39 is 5.60 Å². The molecule has 0 aromatic carbocycles. The second kappa shape index (κ2) is 6.01. The molecule has 0 aliphatic carbocycles. The Morgan fingerprint density at radius 2 is 1.75 bits per heavy atom. The molecule has 12 heavy (non-hydrogen) atoms. The molecule has 1 nitrogen and oxygen atoms in total. The molecule has 0 saturated heterocycles. The van der Waals surface area contributed by atoms with Crippen LogP contribution in [0.3, 0.4) is 0 Å². The summed E-state index contributed by atoms with van der Waals surface area (Å²) in [6, 6.07) is 0. The van der Waals surface area contributed by atoms with E-state index in [2.05, 4.69) is 20.1 Å². The molecule has 0 aliphatic rings. The Bertz CT molecular complexity index is 128. The largest absolute Gasteiger partial charge is 0.229 e. The van der Waals surface area contributed by atoms with Gasteiger partial charge >= 0.3 is 0 Å². The topological polar surface area (TPSA) is 19.9 Å². The van der Waals surface area contributed by atoms with Crippen molar-refractivity contribution in [1.82, 2.24) is 0 Å². The van der Waals surface area contributed by atoms with Crippen molar-refractivity contribution >= 4 is 0 Å². The number of rotatable bonds is 7. The minimum absolute atomic E-state index is 0.555. The van der Waals surface area contributed by atoms with Crippen LogP contribution in [0.1, 0.15) is 39.0 Å². The average molecular weight is 167 g/mol. The highest BCUT2D eigenvalue weighted by molar-refractivity contribution is 4.91. The quantitative estimate of drug-likeness (QED) is 0.517. The molecule has 69 valence electrons. The molecule has 0 atom stereocenters. The van der Waals surface area contributed by atoms with E-state index in [9.17, 15) is 5.11 Å². The summed E-state index contributed by atoms with van der Waals surface area (Å²) in [5, 5.41) is 11.9. The lowest BCUT2D eigenvalue weighted by Gasteiger charge is -2.22. The van der Waals surface area contributed by atoms with Crippen LogP contribution in [0.15, 0.2) is 25.3 Å². The lowest BCUT2D eigenvalue weighted by Crippen LogP contribution is -2.25. The summed E-state index contributed by atoms with van der Waals surface area (Å²) in [6.45, 7) is 9.30. The molecule has 0 aromatic heterocycles. The predicted octanol–water partition coefficient (Wildman–Crippen LogP) is 3.50. The van der Waals surface area contributed by atoms with Crippen molar-refractivity contribution in [3.8, 4) is 0 Å². The van der Waals surface area contributed by atoms with Crippen LogP contribution in [0, 0.1) is 0 Å². The molecule has 1 heteroatoms. The number of hydrogen-bond donors (Lipinski definition) is 0. The Hall–Kier alpha value is -0.560. The zero-order chi connectivity index (χ0) is 9.45. The van der Waals surface area contributed by atoms with Crippen LogP contribution in [0.2, 0.25) is 0 Å². The molecule has 0 spiro atoms. The molecule has 0 aromatic rings. The molecule has 0 unspecified atom stereocenters. The van der Waals surface area contributed by atoms with Gasteiger partial charge in [0.1, 0.15) is 5.60 Å². The monoisotopic (exact) mass is 167 g/mol. The zero-order valence-corrected chi connectivity index (χ0v) is 8.01. The minimum atomic E-state index is -0.834. The van der Waals surface area contributed by atoms with Gasteiger partial charge < -0.3 is 0 Å². The van der Waals surface area contributed by atoms with Crippen LogP contribution in [-0.2, 0) is 5.11 Å². The first-order valence-electron chi connectivity index (χ1n) is 4.60. The van der Waals surface area contributed by atoms with Gasteiger partial charge in [0, 0.05) is 0 Å². The summed E-state index contributed by atoms with van der Waals surface area (Å²) in [5.74, 6) is 0. The molecule has 0 aliphatic heterocycles. The highest BCUT2D eigenvalue weighted by atomic mass is 16.3. The summed E-state index contributed by atoms with van der Waals surface area (Å²) < 4.78 is 0. The smallest absolute Gasteiger partial charge is 0.110 e. The first kappa shape index (κ1) is 11.4. The SMILES string of the molecule is C=CCC([O])(CC=C)CCCC. The predicted molar refractivity (Wildman–Crippen MR) is 52.6 cm³/mol. The van der Waals surface area contributed by atoms with Crippen LogP contribution in [0.5, 0.6) is 0 Å². The van der Waals surface area contributed by atoms with Gasteiger partial charge in [0.25, 0.3) is 0 Å². The summed E-state index contributed by atoms with van der Waals surface area (Å²) >= 11 is 0. The van der Waals surface area contributed by atoms with E-state index in [1.54, 1.807) is 12.2 Å². The summed E-state index contributed by atoms with van der Waals surface area (Å²) in [5.41, 5.74) is -0.834. The van der Waals surface area contributed by atoms with Gasteiger partial charge in [-0.05, 0) is 19.3 Å². The maximum absolute atomic E-state index is 11.9. The molecule has 1 radical (unpaired) electrons. The van der Waals surface area contributed by atoms with Crippen molar-refractivity contribution in [3.05, 3.63) is 25.3 Å². The van der Waals surface area contributed by atoms with Crippen molar-refractivity contribution in [1.29, 1.82) is 0 Å². The molecule has 0 heterocycles. The Balaban J connectivity index is 3.96. The van der Waals surface area contributed by atoms with Gasteiger partial charge in [0.05, 0.1) is 0 Å². The number of hydrogen-bond acceptors (Lipinski definition) is 0. The first-order chi connectivity index (χ1) is 5.68. The van der Waals surface area contributed by atoms with E-state index >= 15 is 0 Å². The Morgan fingerprint density at radius 1 is 1.25 bits per heavy atom. The van der Waals surface area contributed by atoms with E-state index in [-0.39, 0.29) is 0 Å². The van der Waals surface area contributed by atoms with E-state index in [1.165, 1.54) is 0 Å². The zero-order valence-electron chi connectivity index (χ0n) is 8.01. The molecule has 0 bridgehead atoms. The lowest BCUT2D eigenvalue weighted by atomic mass is 9.90. The van der Waals surface area contributed by atoms with E-state index in [0.717, 1.165) is 19.3 Å². The Morgan fingerprint density at radius 3 is 2.08 bits per heavy atom. The Labute approximate surface area is 75.8 Å². The summed E-state index contributed by atoms with van der Waals surface area (Å²) in [6.07, 6.45) is 7.36. The van der Waals surface area contributed by atoms with Crippen LogP contribution < -0.4 is 0 Å². The van der Waals surface area contributed by atoms with E-state index in [0.29, 0.717) is 12.8 Å². The highest BCUT2D eigenvalue weighted by Gasteiger charge is 2.24. The molecule has 0 amide bonds. The summed E-state index contributed by atoms with van der Waals surface area (Å²) in [4.78, 5) is 0. The maximum atomic E-state index is 11.9. The van der Waals surface area contributed by atoms with Gasteiger partial charge in [-0.1, -0.05) is 31.9 Å². The highest BCUT2D eigenvalue weighted by Crippen LogP contribution is 2.24. The molecule has 0 N–H and O–H groups in total. The minimum Gasteiger partial charge on any atom is -0.229 e. The Kier molecular flexibility index (Phi) is 5.73. The molecular weight excluding hydrogens is 148 g/mol. The molecular formula is C11H19O. The molecule has 0 fully saturated rings. The maximum Gasteiger partial charge on any atom is 0.110 e. The fourth-order valence-electron chi connectivity index (χ4n) is 1.31. The normalized spacial score (nSPS) is 11.2. The molecule has 0 saturated carbocycles. The van der Waals surface area contributed by atoms with Crippen LogP contribution >= 0.6 is 0 Å². The van der Waals surface area contributed by atoms with E-state index in [4.69, 9.17) is 0 Å². The van der Waals surface area contributed by atoms with Crippen molar-refractivity contribution in [2.75, 3.05) is 0 Å². The second-order valence-electron chi connectivity index (χ2n) is 3.27. The first-order valence-corrected chi connectivity index (χ1v) is 4.60. The summed E-state index contributed by atoms with van der Waals surface area (Å²) in [7, 11) is 0. The third-order valence-corrected chi connectivity index (χ3v) is 2.02. The molecule has 0 rings (SSSR count). The van der Waals surface area contributed by atoms with Gasteiger partial charge in [0.15, 0.2) is 0 Å².